The van der Waals surface area contributed by atoms with E-state index in [0.29, 0.717) is 24.7 Å². The van der Waals surface area contributed by atoms with Gasteiger partial charge in [-0.2, -0.15) is 0 Å². The molecule has 41 heavy (non-hydrogen) atoms. The summed E-state index contributed by atoms with van der Waals surface area (Å²) < 4.78 is 27.7. The number of hydrogen-bond donors (Lipinski definition) is 2. The Balaban J connectivity index is 1.62. The summed E-state index contributed by atoms with van der Waals surface area (Å²) in [6, 6.07) is 10.2. The Morgan fingerprint density at radius 1 is 0.951 bits per heavy atom. The van der Waals surface area contributed by atoms with E-state index in [9.17, 15) is 9.90 Å². The highest BCUT2D eigenvalue weighted by Crippen LogP contribution is 2.52. The van der Waals surface area contributed by atoms with Crippen LogP contribution in [0.25, 0.3) is 0 Å². The number of rotatable bonds is 18. The quantitative estimate of drug-likeness (QED) is 0.221. The summed E-state index contributed by atoms with van der Waals surface area (Å²) >= 11 is 0. The molecule has 0 aromatic heterocycles. The maximum Gasteiger partial charge on any atom is 0.304 e. The summed E-state index contributed by atoms with van der Waals surface area (Å²) in [6.07, 6.45) is 5.62. The molecule has 0 heterocycles. The van der Waals surface area contributed by atoms with Gasteiger partial charge in [0.15, 0.2) is 23.0 Å². The van der Waals surface area contributed by atoms with Gasteiger partial charge in [0.1, 0.15) is 0 Å². The Labute approximate surface area is 245 Å². The van der Waals surface area contributed by atoms with Gasteiger partial charge in [-0.3, -0.25) is 4.79 Å². The van der Waals surface area contributed by atoms with Crippen LogP contribution in [0.4, 0.5) is 0 Å². The van der Waals surface area contributed by atoms with Gasteiger partial charge in [0.25, 0.3) is 0 Å². The minimum atomic E-state index is -0.763. The lowest BCUT2D eigenvalue weighted by molar-refractivity contribution is -0.140. The Hall–Kier alpha value is -2.97. The van der Waals surface area contributed by atoms with Crippen LogP contribution in [0.5, 0.6) is 23.0 Å². The van der Waals surface area contributed by atoms with Crippen molar-refractivity contribution in [3.8, 4) is 23.0 Å². The predicted octanol–water partition coefficient (Wildman–Crippen LogP) is 5.67. The van der Waals surface area contributed by atoms with E-state index < -0.39 is 11.4 Å². The molecule has 0 radical (unpaired) electrons. The molecule has 0 saturated carbocycles. The molecule has 0 aliphatic heterocycles. The molecule has 2 unspecified atom stereocenters. The Morgan fingerprint density at radius 3 is 2.34 bits per heavy atom. The smallest absolute Gasteiger partial charge is 0.304 e. The van der Waals surface area contributed by atoms with E-state index in [1.54, 1.807) is 28.4 Å². The molecule has 1 aliphatic carbocycles. The molecule has 0 amide bonds. The van der Waals surface area contributed by atoms with Crippen LogP contribution in [-0.4, -0.2) is 65.8 Å². The average Bonchev–Trinajstić information content (AvgIpc) is 2.96. The zero-order valence-corrected chi connectivity index (χ0v) is 25.7. The predicted molar refractivity (Wildman–Crippen MR) is 161 cm³/mol. The summed E-state index contributed by atoms with van der Waals surface area (Å²) in [4.78, 5) is 12.2. The molecular weight excluding hydrogens is 522 g/mol. The molecule has 3 rings (SSSR count). The third-order valence-corrected chi connectivity index (χ3v) is 8.54. The first kappa shape index (κ1) is 32.5. The normalized spacial score (nSPS) is 18.2. The highest BCUT2D eigenvalue weighted by Gasteiger charge is 2.48. The Bertz CT molecular complexity index is 1120. The van der Waals surface area contributed by atoms with E-state index in [4.69, 9.17) is 23.7 Å². The summed E-state index contributed by atoms with van der Waals surface area (Å²) in [7, 11) is 6.62. The second kappa shape index (κ2) is 15.9. The zero-order chi connectivity index (χ0) is 29.8. The van der Waals surface area contributed by atoms with Crippen LogP contribution in [0.3, 0.4) is 0 Å². The van der Waals surface area contributed by atoms with Crippen molar-refractivity contribution in [2.45, 2.75) is 64.2 Å². The molecule has 0 spiro atoms. The van der Waals surface area contributed by atoms with Crippen LogP contribution in [0.15, 0.2) is 30.3 Å². The molecule has 1 aliphatic rings. The number of methoxy groups -OCH3 is 4. The molecule has 8 heteroatoms. The van der Waals surface area contributed by atoms with Gasteiger partial charge in [-0.15, -0.1) is 0 Å². The van der Waals surface area contributed by atoms with Gasteiger partial charge in [-0.1, -0.05) is 19.9 Å². The highest BCUT2D eigenvalue weighted by atomic mass is 16.5. The van der Waals surface area contributed by atoms with E-state index in [2.05, 4.69) is 31.3 Å². The molecular formula is C33H49NO7. The molecule has 0 fully saturated rings. The van der Waals surface area contributed by atoms with Crippen molar-refractivity contribution in [2.75, 3.05) is 54.7 Å². The van der Waals surface area contributed by atoms with E-state index in [-0.39, 0.29) is 18.3 Å². The van der Waals surface area contributed by atoms with Crippen molar-refractivity contribution in [1.82, 2.24) is 5.32 Å². The Kier molecular flexibility index (Phi) is 12.6. The van der Waals surface area contributed by atoms with Crippen molar-refractivity contribution >= 4 is 5.97 Å². The summed E-state index contributed by atoms with van der Waals surface area (Å²) in [6.45, 7) is 7.29. The van der Waals surface area contributed by atoms with Gasteiger partial charge < -0.3 is 34.1 Å². The summed E-state index contributed by atoms with van der Waals surface area (Å²) in [5, 5.41) is 13.7. The number of carboxylic acid groups (broad SMARTS) is 1. The van der Waals surface area contributed by atoms with Gasteiger partial charge in [0.05, 0.1) is 34.4 Å². The van der Waals surface area contributed by atoms with Gasteiger partial charge in [-0.25, -0.2) is 0 Å². The Morgan fingerprint density at radius 2 is 1.68 bits per heavy atom. The molecule has 2 aromatic rings. The minimum Gasteiger partial charge on any atom is -0.493 e. The first-order chi connectivity index (χ1) is 19.8. The second-order valence-electron chi connectivity index (χ2n) is 11.2. The van der Waals surface area contributed by atoms with E-state index in [0.717, 1.165) is 68.7 Å². The van der Waals surface area contributed by atoms with Crippen LogP contribution >= 0.6 is 0 Å². The van der Waals surface area contributed by atoms with Crippen molar-refractivity contribution in [3.63, 3.8) is 0 Å². The molecule has 2 N–H and O–H groups in total. The second-order valence-corrected chi connectivity index (χ2v) is 11.2. The maximum absolute atomic E-state index is 12.2. The fourth-order valence-corrected chi connectivity index (χ4v) is 6.44. The fraction of sp³-hybridized carbons (Fsp3) is 0.606. The number of benzene rings is 2. The number of aliphatic carboxylic acids is 1. The number of aryl methyl sites for hydroxylation is 2. The number of carbonyl (C=O) groups is 1. The van der Waals surface area contributed by atoms with Crippen LogP contribution in [0.1, 0.15) is 62.6 Å². The molecule has 2 atom stereocenters. The summed E-state index contributed by atoms with van der Waals surface area (Å²) in [5.74, 6) is 2.50. The van der Waals surface area contributed by atoms with Gasteiger partial charge in [-0.05, 0) is 98.0 Å². The first-order valence-electron chi connectivity index (χ1n) is 14.8. The lowest BCUT2D eigenvalue weighted by Gasteiger charge is -2.48. The fourth-order valence-electron chi connectivity index (χ4n) is 6.44. The van der Waals surface area contributed by atoms with Crippen molar-refractivity contribution in [1.29, 1.82) is 0 Å². The minimum absolute atomic E-state index is 0.102. The van der Waals surface area contributed by atoms with Crippen molar-refractivity contribution in [3.05, 3.63) is 47.0 Å². The monoisotopic (exact) mass is 571 g/mol. The maximum atomic E-state index is 12.2. The molecule has 228 valence electrons. The van der Waals surface area contributed by atoms with Crippen molar-refractivity contribution in [2.24, 2.45) is 11.8 Å². The largest absolute Gasteiger partial charge is 0.493 e. The van der Waals surface area contributed by atoms with Crippen LogP contribution in [0.2, 0.25) is 0 Å². The average molecular weight is 572 g/mol. The van der Waals surface area contributed by atoms with E-state index >= 15 is 0 Å². The third kappa shape index (κ3) is 8.07. The molecule has 2 aromatic carbocycles. The first-order valence-corrected chi connectivity index (χ1v) is 14.8. The number of carboxylic acids is 1. The van der Waals surface area contributed by atoms with Crippen LogP contribution in [0, 0.1) is 11.8 Å². The van der Waals surface area contributed by atoms with Crippen LogP contribution in [-0.2, 0) is 27.8 Å². The molecule has 0 bridgehead atoms. The number of nitrogens with one attached hydrogen (secondary N) is 1. The van der Waals surface area contributed by atoms with E-state index in [1.165, 1.54) is 11.1 Å². The van der Waals surface area contributed by atoms with Gasteiger partial charge in [0, 0.05) is 25.6 Å². The number of hydrogen-bond acceptors (Lipinski definition) is 7. The lowest BCUT2D eigenvalue weighted by Crippen LogP contribution is -2.46. The molecule has 0 saturated heterocycles. The van der Waals surface area contributed by atoms with Crippen LogP contribution < -0.4 is 24.3 Å². The van der Waals surface area contributed by atoms with Gasteiger partial charge in [0.2, 0.25) is 0 Å². The molecule has 8 nitrogen and oxygen atoms in total. The topological polar surface area (TPSA) is 95.5 Å². The lowest BCUT2D eigenvalue weighted by atomic mass is 9.55. The standard InChI is InChI=1S/C33H49NO7/c1-23(2)33(22-32(35)36)26(12-11-25-20-29(39-5)30(40-6)21-27(25)33)14-16-34-15-7-9-24-10-13-28(38-4)31(19-24)41-18-8-17-37-3/h10,13,19-21,23,26,34H,7-9,11-12,14-18,22H2,1-6H3,(H,35,36). The van der Waals surface area contributed by atoms with Crippen molar-refractivity contribution < 1.29 is 33.6 Å². The SMILES string of the molecule is COCCCOc1cc(CCCNCCC2CCc3cc(OC)c(OC)cc3C2(CC(=O)O)C(C)C)ccc1OC. The van der Waals surface area contributed by atoms with Gasteiger partial charge >= 0.3 is 5.97 Å². The summed E-state index contributed by atoms with van der Waals surface area (Å²) in [5.41, 5.74) is 3.01. The van der Waals surface area contributed by atoms with E-state index in [1.807, 2.05) is 18.2 Å². The third-order valence-electron chi connectivity index (χ3n) is 8.54. The zero-order valence-electron chi connectivity index (χ0n) is 25.7. The number of fused-ring (bicyclic) bond motifs is 1. The number of ether oxygens (including phenoxy) is 5. The highest BCUT2D eigenvalue weighted by molar-refractivity contribution is 5.70.